The summed E-state index contributed by atoms with van der Waals surface area (Å²) in [7, 11) is 0. The third-order valence-electron chi connectivity index (χ3n) is 5.66. The summed E-state index contributed by atoms with van der Waals surface area (Å²) in [6.07, 6.45) is -0.758. The van der Waals surface area contributed by atoms with E-state index in [2.05, 4.69) is 43.2 Å². The van der Waals surface area contributed by atoms with Crippen molar-refractivity contribution in [2.75, 3.05) is 19.1 Å². The van der Waals surface area contributed by atoms with Gasteiger partial charge in [0.05, 0.1) is 19.8 Å². The smallest absolute Gasteiger partial charge is 0.125 e. The first-order chi connectivity index (χ1) is 16.2. The summed E-state index contributed by atoms with van der Waals surface area (Å²) >= 11 is 7.90. The predicted octanol–water partition coefficient (Wildman–Crippen LogP) is 4.39. The molecule has 0 fully saturated rings. The lowest BCUT2D eigenvalue weighted by Gasteiger charge is -2.26. The van der Waals surface area contributed by atoms with Crippen LogP contribution >= 0.6 is 34.2 Å². The molecule has 0 saturated carbocycles. The second kappa shape index (κ2) is 12.2. The molecule has 0 amide bonds. The van der Waals surface area contributed by atoms with Crippen molar-refractivity contribution in [1.29, 1.82) is 0 Å². The van der Waals surface area contributed by atoms with Crippen LogP contribution in [0.5, 0.6) is 11.5 Å². The molecule has 2 aromatic carbocycles. The third-order valence-corrected chi connectivity index (χ3v) is 7.37. The van der Waals surface area contributed by atoms with Gasteiger partial charge < -0.3 is 19.7 Å². The van der Waals surface area contributed by atoms with Crippen LogP contribution in [0.1, 0.15) is 37.6 Å². The van der Waals surface area contributed by atoms with E-state index in [4.69, 9.17) is 21.1 Å². The SMILES string of the molecule is C[C@@H](CCl)COc1ccc(C(C)(C)c2ccc(OC[C@@H](O)Cn3nnc(CO)c3I)cc2)cc1. The summed E-state index contributed by atoms with van der Waals surface area (Å²) in [5.41, 5.74) is 2.63. The standard InChI is InChI=1S/C25H31ClIN3O4/c1-17(12-26)15-33-21-8-4-18(5-9-21)25(2,3)19-6-10-22(11-7-19)34-16-20(32)13-30-24(27)23(14-31)28-29-30/h4-11,17,20,31-32H,12-16H2,1-3H3/t17-,20-/m0/s1. The van der Waals surface area contributed by atoms with Gasteiger partial charge >= 0.3 is 0 Å². The van der Waals surface area contributed by atoms with Gasteiger partial charge in [-0.1, -0.05) is 50.3 Å². The molecule has 2 N–H and O–H groups in total. The van der Waals surface area contributed by atoms with Crippen molar-refractivity contribution in [1.82, 2.24) is 15.0 Å². The van der Waals surface area contributed by atoms with Crippen molar-refractivity contribution in [2.24, 2.45) is 5.92 Å². The second-order valence-electron chi connectivity index (χ2n) is 8.88. The molecule has 0 aliphatic carbocycles. The Morgan fingerprint density at radius 1 is 1.00 bits per heavy atom. The largest absolute Gasteiger partial charge is 0.493 e. The fraction of sp³-hybridized carbons (Fsp3) is 0.440. The number of benzene rings is 2. The summed E-state index contributed by atoms with van der Waals surface area (Å²) in [6, 6.07) is 16.1. The lowest BCUT2D eigenvalue weighted by molar-refractivity contribution is 0.0881. The molecule has 0 spiro atoms. The summed E-state index contributed by atoms with van der Waals surface area (Å²) < 4.78 is 13.8. The predicted molar refractivity (Wildman–Crippen MR) is 141 cm³/mol. The highest BCUT2D eigenvalue weighted by atomic mass is 127. The van der Waals surface area contributed by atoms with Crippen molar-refractivity contribution in [3.8, 4) is 11.5 Å². The maximum absolute atomic E-state index is 10.3. The fourth-order valence-electron chi connectivity index (χ4n) is 3.38. The Morgan fingerprint density at radius 2 is 1.53 bits per heavy atom. The average molecular weight is 600 g/mol. The number of alkyl halides is 1. The molecular formula is C25H31ClIN3O4. The quantitative estimate of drug-likeness (QED) is 0.237. The van der Waals surface area contributed by atoms with Gasteiger partial charge in [0, 0.05) is 17.2 Å². The molecule has 1 heterocycles. The van der Waals surface area contributed by atoms with Crippen LogP contribution in [-0.2, 0) is 18.6 Å². The van der Waals surface area contributed by atoms with E-state index in [9.17, 15) is 10.2 Å². The maximum atomic E-state index is 10.3. The van der Waals surface area contributed by atoms with Gasteiger partial charge in [-0.25, -0.2) is 4.68 Å². The van der Waals surface area contributed by atoms with Crippen molar-refractivity contribution >= 4 is 34.2 Å². The molecule has 0 aliphatic heterocycles. The minimum Gasteiger partial charge on any atom is -0.493 e. The molecule has 7 nitrogen and oxygen atoms in total. The van der Waals surface area contributed by atoms with Gasteiger partial charge in [0.2, 0.25) is 0 Å². The molecule has 184 valence electrons. The Hall–Kier alpha value is -1.88. The van der Waals surface area contributed by atoms with E-state index in [1.807, 2.05) is 59.0 Å². The first-order valence-corrected chi connectivity index (χ1v) is 12.7. The van der Waals surface area contributed by atoms with Gasteiger partial charge in [-0.3, -0.25) is 0 Å². The van der Waals surface area contributed by atoms with Crippen LogP contribution < -0.4 is 9.47 Å². The Bertz CT molecular complexity index is 1040. The topological polar surface area (TPSA) is 89.6 Å². The zero-order chi connectivity index (χ0) is 24.7. The lowest BCUT2D eigenvalue weighted by atomic mass is 9.78. The molecule has 34 heavy (non-hydrogen) atoms. The van der Waals surface area contributed by atoms with Crippen LogP contribution in [0.2, 0.25) is 0 Å². The molecule has 3 aromatic rings. The van der Waals surface area contributed by atoms with Gasteiger partial charge in [-0.15, -0.1) is 16.7 Å². The number of aliphatic hydroxyl groups excluding tert-OH is 2. The molecule has 0 unspecified atom stereocenters. The first-order valence-electron chi connectivity index (χ1n) is 11.1. The van der Waals surface area contributed by atoms with E-state index in [0.29, 0.717) is 33.5 Å². The van der Waals surface area contributed by atoms with E-state index >= 15 is 0 Å². The summed E-state index contributed by atoms with van der Waals surface area (Å²) in [5.74, 6) is 2.41. The second-order valence-corrected chi connectivity index (χ2v) is 10.2. The van der Waals surface area contributed by atoms with Crippen LogP contribution in [0.25, 0.3) is 0 Å². The van der Waals surface area contributed by atoms with Gasteiger partial charge in [0.15, 0.2) is 0 Å². The maximum Gasteiger partial charge on any atom is 0.125 e. The van der Waals surface area contributed by atoms with Crippen molar-refractivity contribution in [3.05, 3.63) is 69.1 Å². The molecule has 0 bridgehead atoms. The molecule has 9 heteroatoms. The molecule has 0 saturated heterocycles. The van der Waals surface area contributed by atoms with Crippen molar-refractivity contribution in [2.45, 2.75) is 45.4 Å². The number of aromatic nitrogens is 3. The Kier molecular flexibility index (Phi) is 9.58. The normalized spacial score (nSPS) is 13.5. The fourth-order valence-corrected chi connectivity index (χ4v) is 4.04. The highest BCUT2D eigenvalue weighted by Crippen LogP contribution is 2.33. The number of ether oxygens (including phenoxy) is 2. The summed E-state index contributed by atoms with van der Waals surface area (Å²) in [4.78, 5) is 0. The van der Waals surface area contributed by atoms with Crippen LogP contribution in [0, 0.1) is 9.62 Å². The van der Waals surface area contributed by atoms with E-state index in [0.717, 1.165) is 11.3 Å². The highest BCUT2D eigenvalue weighted by Gasteiger charge is 2.23. The minimum absolute atomic E-state index is 0.122. The van der Waals surface area contributed by atoms with Crippen molar-refractivity contribution in [3.63, 3.8) is 0 Å². The van der Waals surface area contributed by atoms with Crippen molar-refractivity contribution < 1.29 is 19.7 Å². The molecule has 3 rings (SSSR count). The average Bonchev–Trinajstić information content (AvgIpc) is 3.20. The summed E-state index contributed by atoms with van der Waals surface area (Å²) in [5, 5.41) is 27.4. The molecule has 1 aromatic heterocycles. The third kappa shape index (κ3) is 6.84. The van der Waals surface area contributed by atoms with Gasteiger partial charge in [0.25, 0.3) is 0 Å². The zero-order valence-corrected chi connectivity index (χ0v) is 22.5. The number of hydrogen-bond acceptors (Lipinski definition) is 6. The van der Waals surface area contributed by atoms with Gasteiger partial charge in [-0.05, 0) is 58.0 Å². The van der Waals surface area contributed by atoms with Gasteiger partial charge in [-0.2, -0.15) is 0 Å². The first kappa shape index (κ1) is 26.7. The Morgan fingerprint density at radius 3 is 2.00 bits per heavy atom. The zero-order valence-electron chi connectivity index (χ0n) is 19.6. The minimum atomic E-state index is -0.758. The number of halogens is 2. The van der Waals surface area contributed by atoms with E-state index < -0.39 is 6.10 Å². The number of nitrogens with zero attached hydrogens (tertiary/aromatic N) is 3. The summed E-state index contributed by atoms with van der Waals surface area (Å²) in [6.45, 7) is 7.20. The highest BCUT2D eigenvalue weighted by molar-refractivity contribution is 14.1. The number of aliphatic hydroxyl groups is 2. The monoisotopic (exact) mass is 599 g/mol. The molecule has 2 atom stereocenters. The van der Waals surface area contributed by atoms with E-state index in [1.54, 1.807) is 4.68 Å². The van der Waals surface area contributed by atoms with Crippen LogP contribution in [-0.4, -0.2) is 50.4 Å². The molecule has 0 aliphatic rings. The van der Waals surface area contributed by atoms with Crippen LogP contribution in [0.15, 0.2) is 48.5 Å². The lowest BCUT2D eigenvalue weighted by Crippen LogP contribution is -2.25. The molecular weight excluding hydrogens is 569 g/mol. The van der Waals surface area contributed by atoms with Crippen LogP contribution in [0.4, 0.5) is 0 Å². The van der Waals surface area contributed by atoms with E-state index in [-0.39, 0.29) is 25.2 Å². The van der Waals surface area contributed by atoms with Crippen LogP contribution in [0.3, 0.4) is 0 Å². The Balaban J connectivity index is 1.56. The Labute approximate surface area is 219 Å². The molecule has 0 radical (unpaired) electrons. The number of hydrogen-bond donors (Lipinski definition) is 2. The number of rotatable bonds is 12. The van der Waals surface area contributed by atoms with Gasteiger partial charge in [0.1, 0.15) is 33.6 Å². The van der Waals surface area contributed by atoms with E-state index in [1.165, 1.54) is 5.56 Å².